The molecule has 2 aliphatic rings. The van der Waals surface area contributed by atoms with Crippen molar-refractivity contribution in [3.05, 3.63) is 0 Å². The van der Waals surface area contributed by atoms with Crippen molar-refractivity contribution in [3.63, 3.8) is 0 Å². The van der Waals surface area contributed by atoms with Crippen molar-refractivity contribution in [3.8, 4) is 0 Å². The molecule has 2 rings (SSSR count). The zero-order valence-electron chi connectivity index (χ0n) is 12.2. The smallest absolute Gasteiger partial charge is 0.0471 e. The molecule has 2 heterocycles. The van der Waals surface area contributed by atoms with Crippen LogP contribution in [0.15, 0.2) is 0 Å². The molecule has 3 heteroatoms. The van der Waals surface area contributed by atoms with Crippen LogP contribution in [0.3, 0.4) is 0 Å². The zero-order chi connectivity index (χ0) is 12.8. The Kier molecular flexibility index (Phi) is 5.46. The Balaban J connectivity index is 1.72. The molecule has 0 aliphatic carbocycles. The molecule has 2 saturated heterocycles. The lowest BCUT2D eigenvalue weighted by Crippen LogP contribution is -2.41. The molecule has 1 atom stereocenters. The molecule has 0 spiro atoms. The highest BCUT2D eigenvalue weighted by Gasteiger charge is 2.28. The summed E-state index contributed by atoms with van der Waals surface area (Å²) in [5.41, 5.74) is 0.467. The van der Waals surface area contributed by atoms with Gasteiger partial charge in [0.25, 0.3) is 0 Å². The van der Waals surface area contributed by atoms with Crippen molar-refractivity contribution in [2.75, 3.05) is 39.4 Å². The van der Waals surface area contributed by atoms with Gasteiger partial charge in [-0.1, -0.05) is 13.8 Å². The normalized spacial score (nSPS) is 30.0. The second-order valence-electron chi connectivity index (χ2n) is 6.37. The van der Waals surface area contributed by atoms with Crippen molar-refractivity contribution in [1.29, 1.82) is 0 Å². The van der Waals surface area contributed by atoms with E-state index in [4.69, 9.17) is 4.74 Å². The Morgan fingerprint density at radius 1 is 1.22 bits per heavy atom. The van der Waals surface area contributed by atoms with Crippen LogP contribution in [0.25, 0.3) is 0 Å². The second-order valence-corrected chi connectivity index (χ2v) is 6.37. The van der Waals surface area contributed by atoms with Gasteiger partial charge in [-0.3, -0.25) is 0 Å². The lowest BCUT2D eigenvalue weighted by Gasteiger charge is -2.35. The molecule has 2 fully saturated rings. The highest BCUT2D eigenvalue weighted by molar-refractivity contribution is 4.83. The Morgan fingerprint density at radius 2 is 2.00 bits per heavy atom. The minimum absolute atomic E-state index is 0.467. The van der Waals surface area contributed by atoms with E-state index < -0.39 is 0 Å². The summed E-state index contributed by atoms with van der Waals surface area (Å²) >= 11 is 0. The van der Waals surface area contributed by atoms with Crippen molar-refractivity contribution in [1.82, 2.24) is 10.2 Å². The van der Waals surface area contributed by atoms with Gasteiger partial charge in [0.1, 0.15) is 0 Å². The van der Waals surface area contributed by atoms with Crippen LogP contribution >= 0.6 is 0 Å². The molecular formula is C15H30N2O. The van der Waals surface area contributed by atoms with Gasteiger partial charge in [0.05, 0.1) is 0 Å². The summed E-state index contributed by atoms with van der Waals surface area (Å²) in [6.45, 7) is 11.5. The minimum atomic E-state index is 0.467. The molecule has 2 aliphatic heterocycles. The highest BCUT2D eigenvalue weighted by Crippen LogP contribution is 2.29. The molecule has 0 saturated carbocycles. The van der Waals surface area contributed by atoms with Gasteiger partial charge in [0.2, 0.25) is 0 Å². The second kappa shape index (κ2) is 6.88. The molecule has 0 amide bonds. The van der Waals surface area contributed by atoms with Crippen LogP contribution in [-0.2, 0) is 4.74 Å². The maximum atomic E-state index is 5.47. The average molecular weight is 254 g/mol. The van der Waals surface area contributed by atoms with E-state index in [9.17, 15) is 0 Å². The Hall–Kier alpha value is -0.120. The molecule has 3 nitrogen and oxygen atoms in total. The summed E-state index contributed by atoms with van der Waals surface area (Å²) in [6.07, 6.45) is 6.45. The van der Waals surface area contributed by atoms with Crippen molar-refractivity contribution in [2.24, 2.45) is 5.41 Å². The van der Waals surface area contributed by atoms with E-state index in [0.29, 0.717) is 5.41 Å². The Labute approximate surface area is 112 Å². The summed E-state index contributed by atoms with van der Waals surface area (Å²) in [7, 11) is 0. The van der Waals surface area contributed by atoms with E-state index in [2.05, 4.69) is 24.1 Å². The third-order valence-electron chi connectivity index (χ3n) is 4.79. The standard InChI is InChI=1S/C15H30N2O/c1-3-17-9-4-5-14(6-10-17)16-13-15(2)7-11-18-12-8-15/h14,16H,3-13H2,1-2H3. The monoisotopic (exact) mass is 254 g/mol. The van der Waals surface area contributed by atoms with Gasteiger partial charge < -0.3 is 15.0 Å². The topological polar surface area (TPSA) is 24.5 Å². The molecule has 0 aromatic carbocycles. The Bertz CT molecular complexity index is 239. The summed E-state index contributed by atoms with van der Waals surface area (Å²) in [5, 5.41) is 3.83. The highest BCUT2D eigenvalue weighted by atomic mass is 16.5. The molecule has 18 heavy (non-hydrogen) atoms. The lowest BCUT2D eigenvalue weighted by atomic mass is 9.82. The number of hydrogen-bond acceptors (Lipinski definition) is 3. The average Bonchev–Trinajstić information content (AvgIpc) is 2.62. The number of nitrogens with zero attached hydrogens (tertiary/aromatic N) is 1. The summed E-state index contributed by atoms with van der Waals surface area (Å²) < 4.78 is 5.47. The first-order chi connectivity index (χ1) is 8.72. The molecule has 1 N–H and O–H groups in total. The van der Waals surface area contributed by atoms with Crippen LogP contribution in [0.1, 0.15) is 46.0 Å². The first-order valence-electron chi connectivity index (χ1n) is 7.75. The third kappa shape index (κ3) is 4.22. The molecule has 0 aromatic heterocycles. The molecule has 0 radical (unpaired) electrons. The largest absolute Gasteiger partial charge is 0.381 e. The molecule has 0 aromatic rings. The van der Waals surface area contributed by atoms with Crippen LogP contribution in [0.4, 0.5) is 0 Å². The van der Waals surface area contributed by atoms with Crippen LogP contribution in [0.2, 0.25) is 0 Å². The molecule has 1 unspecified atom stereocenters. The number of ether oxygens (including phenoxy) is 1. The van der Waals surface area contributed by atoms with Crippen LogP contribution < -0.4 is 5.32 Å². The number of hydrogen-bond donors (Lipinski definition) is 1. The fraction of sp³-hybridized carbons (Fsp3) is 1.00. The van der Waals surface area contributed by atoms with Gasteiger partial charge in [0.15, 0.2) is 0 Å². The minimum Gasteiger partial charge on any atom is -0.381 e. The van der Waals surface area contributed by atoms with Crippen molar-refractivity contribution < 1.29 is 4.74 Å². The van der Waals surface area contributed by atoms with Crippen LogP contribution in [0, 0.1) is 5.41 Å². The maximum absolute atomic E-state index is 5.47. The van der Waals surface area contributed by atoms with Crippen LogP contribution in [0.5, 0.6) is 0 Å². The van der Waals surface area contributed by atoms with E-state index in [0.717, 1.165) is 19.3 Å². The van der Waals surface area contributed by atoms with Crippen molar-refractivity contribution >= 4 is 0 Å². The third-order valence-corrected chi connectivity index (χ3v) is 4.79. The van der Waals surface area contributed by atoms with Gasteiger partial charge in [-0.05, 0) is 57.2 Å². The summed E-state index contributed by atoms with van der Waals surface area (Å²) in [5.74, 6) is 0. The van der Waals surface area contributed by atoms with Gasteiger partial charge >= 0.3 is 0 Å². The fourth-order valence-electron chi connectivity index (χ4n) is 3.11. The number of nitrogens with one attached hydrogen (secondary N) is 1. The summed E-state index contributed by atoms with van der Waals surface area (Å²) in [4.78, 5) is 2.58. The number of rotatable bonds is 4. The van der Waals surface area contributed by atoms with E-state index in [1.54, 1.807) is 0 Å². The maximum Gasteiger partial charge on any atom is 0.0471 e. The van der Waals surface area contributed by atoms with Gasteiger partial charge in [-0.25, -0.2) is 0 Å². The van der Waals surface area contributed by atoms with Gasteiger partial charge in [-0.2, -0.15) is 0 Å². The fourth-order valence-corrected chi connectivity index (χ4v) is 3.11. The predicted octanol–water partition coefficient (Wildman–Crippen LogP) is 2.27. The summed E-state index contributed by atoms with van der Waals surface area (Å²) in [6, 6.07) is 0.737. The first-order valence-corrected chi connectivity index (χ1v) is 7.75. The zero-order valence-corrected chi connectivity index (χ0v) is 12.2. The Morgan fingerprint density at radius 3 is 2.72 bits per heavy atom. The molecule has 0 bridgehead atoms. The SMILES string of the molecule is CCN1CCCC(NCC2(C)CCOCC2)CC1. The van der Waals surface area contributed by atoms with Gasteiger partial charge in [0, 0.05) is 25.8 Å². The quantitative estimate of drug-likeness (QED) is 0.833. The molecular weight excluding hydrogens is 224 g/mol. The van der Waals surface area contributed by atoms with Gasteiger partial charge in [-0.15, -0.1) is 0 Å². The van der Waals surface area contributed by atoms with E-state index in [1.807, 2.05) is 0 Å². The predicted molar refractivity (Wildman–Crippen MR) is 75.9 cm³/mol. The van der Waals surface area contributed by atoms with Crippen molar-refractivity contribution in [2.45, 2.75) is 52.0 Å². The lowest BCUT2D eigenvalue weighted by molar-refractivity contribution is 0.0226. The first kappa shape index (κ1) is 14.3. The molecule has 106 valence electrons. The van der Waals surface area contributed by atoms with E-state index >= 15 is 0 Å². The number of likely N-dealkylation sites (tertiary alicyclic amines) is 1. The van der Waals surface area contributed by atoms with E-state index in [-0.39, 0.29) is 0 Å². The van der Waals surface area contributed by atoms with Crippen LogP contribution in [-0.4, -0.2) is 50.3 Å². The van der Waals surface area contributed by atoms with E-state index in [1.165, 1.54) is 58.3 Å².